The van der Waals surface area contributed by atoms with Crippen LogP contribution in [0.1, 0.15) is 19.2 Å². The highest BCUT2D eigenvalue weighted by atomic mass is 16.5. The van der Waals surface area contributed by atoms with Crippen molar-refractivity contribution >= 4 is 11.5 Å². The summed E-state index contributed by atoms with van der Waals surface area (Å²) in [5.41, 5.74) is 6.75. The van der Waals surface area contributed by atoms with Gasteiger partial charge in [-0.25, -0.2) is 4.98 Å². The SMILES string of the molecule is CCOc1cc(N(CCCN)c2ccccc2)nc(C)n1. The van der Waals surface area contributed by atoms with Crippen LogP contribution in [0.2, 0.25) is 0 Å². The van der Waals surface area contributed by atoms with Gasteiger partial charge in [-0.1, -0.05) is 18.2 Å². The van der Waals surface area contributed by atoms with Crippen LogP contribution in [-0.4, -0.2) is 29.7 Å². The Morgan fingerprint density at radius 2 is 1.95 bits per heavy atom. The van der Waals surface area contributed by atoms with Crippen molar-refractivity contribution in [1.82, 2.24) is 9.97 Å². The van der Waals surface area contributed by atoms with Crippen molar-refractivity contribution in [2.45, 2.75) is 20.3 Å². The molecule has 5 nitrogen and oxygen atoms in total. The van der Waals surface area contributed by atoms with Gasteiger partial charge in [-0.05, 0) is 38.9 Å². The fourth-order valence-electron chi connectivity index (χ4n) is 2.12. The van der Waals surface area contributed by atoms with Gasteiger partial charge in [-0.2, -0.15) is 4.98 Å². The van der Waals surface area contributed by atoms with Crippen LogP contribution in [0.15, 0.2) is 36.4 Å². The van der Waals surface area contributed by atoms with Crippen LogP contribution in [0.4, 0.5) is 11.5 Å². The Morgan fingerprint density at radius 3 is 2.62 bits per heavy atom. The summed E-state index contributed by atoms with van der Waals surface area (Å²) in [4.78, 5) is 11.0. The standard InChI is InChI=1S/C16H22N4O/c1-3-21-16-12-15(18-13(2)19-16)20(11-7-10-17)14-8-5-4-6-9-14/h4-6,8-9,12H,3,7,10-11,17H2,1-2H3. The summed E-state index contributed by atoms with van der Waals surface area (Å²) < 4.78 is 5.52. The minimum Gasteiger partial charge on any atom is -0.478 e. The number of nitrogens with two attached hydrogens (primary N) is 1. The molecule has 0 unspecified atom stereocenters. The maximum Gasteiger partial charge on any atom is 0.218 e. The number of rotatable bonds is 7. The second-order valence-corrected chi connectivity index (χ2v) is 4.67. The van der Waals surface area contributed by atoms with Gasteiger partial charge in [0.25, 0.3) is 0 Å². The van der Waals surface area contributed by atoms with Gasteiger partial charge in [0.05, 0.1) is 6.61 Å². The molecule has 1 aromatic heterocycles. The van der Waals surface area contributed by atoms with Crippen LogP contribution >= 0.6 is 0 Å². The van der Waals surface area contributed by atoms with E-state index in [4.69, 9.17) is 10.5 Å². The van der Waals surface area contributed by atoms with Crippen molar-refractivity contribution < 1.29 is 4.74 Å². The monoisotopic (exact) mass is 286 g/mol. The first kappa shape index (κ1) is 15.3. The molecule has 0 saturated heterocycles. The summed E-state index contributed by atoms with van der Waals surface area (Å²) in [6.45, 7) is 5.86. The molecule has 2 aromatic rings. The Hall–Kier alpha value is -2.14. The van der Waals surface area contributed by atoms with Crippen LogP contribution in [0.25, 0.3) is 0 Å². The number of para-hydroxylation sites is 1. The maximum absolute atomic E-state index is 5.66. The van der Waals surface area contributed by atoms with Crippen LogP contribution in [0.3, 0.4) is 0 Å². The van der Waals surface area contributed by atoms with Crippen molar-refractivity contribution in [2.24, 2.45) is 5.73 Å². The number of anilines is 2. The molecule has 0 fully saturated rings. The van der Waals surface area contributed by atoms with Crippen molar-refractivity contribution in [3.05, 3.63) is 42.2 Å². The lowest BCUT2D eigenvalue weighted by Gasteiger charge is -2.24. The molecule has 2 N–H and O–H groups in total. The number of aryl methyl sites for hydroxylation is 1. The van der Waals surface area contributed by atoms with Crippen LogP contribution < -0.4 is 15.4 Å². The van der Waals surface area contributed by atoms with Crippen LogP contribution in [-0.2, 0) is 0 Å². The van der Waals surface area contributed by atoms with Crippen LogP contribution in [0, 0.1) is 6.92 Å². The summed E-state index contributed by atoms with van der Waals surface area (Å²) in [7, 11) is 0. The highest BCUT2D eigenvalue weighted by Crippen LogP contribution is 2.26. The first-order valence-corrected chi connectivity index (χ1v) is 7.25. The summed E-state index contributed by atoms with van der Waals surface area (Å²) in [6.07, 6.45) is 0.891. The number of hydrogen-bond acceptors (Lipinski definition) is 5. The van der Waals surface area contributed by atoms with Gasteiger partial charge in [0, 0.05) is 18.3 Å². The number of hydrogen-bond donors (Lipinski definition) is 1. The van der Waals surface area contributed by atoms with Gasteiger partial charge in [0.1, 0.15) is 11.6 Å². The Balaban J connectivity index is 2.36. The van der Waals surface area contributed by atoms with E-state index >= 15 is 0 Å². The molecule has 0 aliphatic heterocycles. The summed E-state index contributed by atoms with van der Waals surface area (Å²) >= 11 is 0. The van der Waals surface area contributed by atoms with E-state index in [0.29, 0.717) is 24.9 Å². The average molecular weight is 286 g/mol. The maximum atomic E-state index is 5.66. The fraction of sp³-hybridized carbons (Fsp3) is 0.375. The molecule has 5 heteroatoms. The lowest BCUT2D eigenvalue weighted by molar-refractivity contribution is 0.325. The van der Waals surface area contributed by atoms with Gasteiger partial charge in [0.15, 0.2) is 0 Å². The molecule has 0 aliphatic carbocycles. The zero-order valence-corrected chi connectivity index (χ0v) is 12.6. The van der Waals surface area contributed by atoms with E-state index in [1.165, 1.54) is 0 Å². The molecule has 1 aromatic carbocycles. The van der Waals surface area contributed by atoms with E-state index in [1.54, 1.807) is 0 Å². The number of aromatic nitrogens is 2. The van der Waals surface area contributed by atoms with Crippen molar-refractivity contribution in [3.63, 3.8) is 0 Å². The molecule has 0 atom stereocenters. The van der Waals surface area contributed by atoms with E-state index in [2.05, 4.69) is 27.0 Å². The minimum atomic E-state index is 0.587. The topological polar surface area (TPSA) is 64.3 Å². The van der Waals surface area contributed by atoms with Gasteiger partial charge < -0.3 is 15.4 Å². The molecule has 21 heavy (non-hydrogen) atoms. The third-order valence-corrected chi connectivity index (χ3v) is 3.02. The Labute approximate surface area is 125 Å². The number of ether oxygens (including phenoxy) is 1. The number of benzene rings is 1. The first-order chi connectivity index (χ1) is 10.2. The molecule has 1 heterocycles. The summed E-state index contributed by atoms with van der Waals surface area (Å²) in [5.74, 6) is 2.14. The lowest BCUT2D eigenvalue weighted by Crippen LogP contribution is -2.22. The zero-order chi connectivity index (χ0) is 15.1. The minimum absolute atomic E-state index is 0.587. The summed E-state index contributed by atoms with van der Waals surface area (Å²) in [6, 6.07) is 12.0. The van der Waals surface area contributed by atoms with Gasteiger partial charge in [0.2, 0.25) is 5.88 Å². The molecule has 0 bridgehead atoms. The predicted molar refractivity (Wildman–Crippen MR) is 85.1 cm³/mol. The third-order valence-electron chi connectivity index (χ3n) is 3.02. The lowest BCUT2D eigenvalue weighted by atomic mass is 10.2. The second-order valence-electron chi connectivity index (χ2n) is 4.67. The Morgan fingerprint density at radius 1 is 1.19 bits per heavy atom. The van der Waals surface area contributed by atoms with Crippen molar-refractivity contribution in [1.29, 1.82) is 0 Å². The highest BCUT2D eigenvalue weighted by molar-refractivity contribution is 5.60. The van der Waals surface area contributed by atoms with E-state index in [9.17, 15) is 0 Å². The van der Waals surface area contributed by atoms with E-state index in [-0.39, 0.29) is 0 Å². The van der Waals surface area contributed by atoms with Crippen LogP contribution in [0.5, 0.6) is 5.88 Å². The summed E-state index contributed by atoms with van der Waals surface area (Å²) in [5, 5.41) is 0. The number of nitrogens with zero attached hydrogens (tertiary/aromatic N) is 3. The second kappa shape index (κ2) is 7.59. The molecule has 0 radical (unpaired) electrons. The molecular weight excluding hydrogens is 264 g/mol. The van der Waals surface area contributed by atoms with E-state index in [0.717, 1.165) is 24.5 Å². The smallest absolute Gasteiger partial charge is 0.218 e. The molecule has 0 saturated carbocycles. The molecule has 0 amide bonds. The zero-order valence-electron chi connectivity index (χ0n) is 12.6. The largest absolute Gasteiger partial charge is 0.478 e. The Kier molecular flexibility index (Phi) is 5.51. The average Bonchev–Trinajstić information content (AvgIpc) is 2.48. The Bertz CT molecular complexity index is 559. The van der Waals surface area contributed by atoms with Gasteiger partial charge in [-0.15, -0.1) is 0 Å². The van der Waals surface area contributed by atoms with E-state index < -0.39 is 0 Å². The van der Waals surface area contributed by atoms with Gasteiger partial charge >= 0.3 is 0 Å². The quantitative estimate of drug-likeness (QED) is 0.847. The molecule has 0 spiro atoms. The first-order valence-electron chi connectivity index (χ1n) is 7.25. The molecule has 112 valence electrons. The van der Waals surface area contributed by atoms with E-state index in [1.807, 2.05) is 38.1 Å². The van der Waals surface area contributed by atoms with Crippen molar-refractivity contribution in [3.8, 4) is 5.88 Å². The molecule has 0 aliphatic rings. The molecule has 2 rings (SSSR count). The molecular formula is C16H22N4O. The van der Waals surface area contributed by atoms with Crippen molar-refractivity contribution in [2.75, 3.05) is 24.6 Å². The normalized spacial score (nSPS) is 10.4. The highest BCUT2D eigenvalue weighted by Gasteiger charge is 2.12. The predicted octanol–water partition coefficient (Wildman–Crippen LogP) is 2.67. The third kappa shape index (κ3) is 4.16. The van der Waals surface area contributed by atoms with Gasteiger partial charge in [-0.3, -0.25) is 0 Å². The fourth-order valence-corrected chi connectivity index (χ4v) is 2.12.